The van der Waals surface area contributed by atoms with Gasteiger partial charge in [0.05, 0.1) is 5.37 Å². The summed E-state index contributed by atoms with van der Waals surface area (Å²) in [4.78, 5) is 23.0. The van der Waals surface area contributed by atoms with Gasteiger partial charge in [-0.25, -0.2) is 4.79 Å². The Labute approximate surface area is 115 Å². The molecule has 1 atom stereocenters. The van der Waals surface area contributed by atoms with Crippen LogP contribution in [0.5, 0.6) is 0 Å². The van der Waals surface area contributed by atoms with Crippen molar-refractivity contribution in [3.05, 3.63) is 11.1 Å². The van der Waals surface area contributed by atoms with Gasteiger partial charge in [-0.1, -0.05) is 25.1 Å². The second-order valence-electron chi connectivity index (χ2n) is 4.51. The summed E-state index contributed by atoms with van der Waals surface area (Å²) in [7, 11) is 0. The van der Waals surface area contributed by atoms with Gasteiger partial charge in [-0.3, -0.25) is 15.5 Å². The molecular weight excluding hydrogens is 266 g/mol. The molecule has 1 unspecified atom stereocenters. The largest absolute Gasteiger partial charge is 0.478 e. The minimum Gasteiger partial charge on any atom is -0.478 e. The minimum absolute atomic E-state index is 0.191. The summed E-state index contributed by atoms with van der Waals surface area (Å²) < 4.78 is 0. The highest BCUT2D eigenvalue weighted by molar-refractivity contribution is 8.14. The maximum Gasteiger partial charge on any atom is 0.332 e. The molecule has 1 amide bonds. The topological polar surface area (TPSA) is 90.8 Å². The molecule has 2 rings (SSSR count). The molecule has 0 saturated carbocycles. The van der Waals surface area contributed by atoms with E-state index in [0.717, 1.165) is 19.3 Å². The molecule has 0 spiro atoms. The van der Waals surface area contributed by atoms with E-state index >= 15 is 0 Å². The Morgan fingerprint density at radius 3 is 2.89 bits per heavy atom. The van der Waals surface area contributed by atoms with Crippen molar-refractivity contribution >= 4 is 28.8 Å². The van der Waals surface area contributed by atoms with Gasteiger partial charge in [-0.2, -0.15) is 5.10 Å². The van der Waals surface area contributed by atoms with Gasteiger partial charge in [0.2, 0.25) is 0 Å². The molecule has 1 aliphatic heterocycles. The smallest absolute Gasteiger partial charge is 0.332 e. The fourth-order valence-corrected chi connectivity index (χ4v) is 3.15. The molecule has 3 N–H and O–H groups in total. The molecule has 0 aromatic rings. The van der Waals surface area contributed by atoms with Crippen molar-refractivity contribution in [3.8, 4) is 0 Å². The fraction of sp³-hybridized carbons (Fsp3) is 0.583. The predicted octanol–water partition coefficient (Wildman–Crippen LogP) is 1.40. The highest BCUT2D eigenvalue weighted by Crippen LogP contribution is 2.27. The predicted molar refractivity (Wildman–Crippen MR) is 73.5 cm³/mol. The van der Waals surface area contributed by atoms with Crippen LogP contribution in [0, 0.1) is 0 Å². The third kappa shape index (κ3) is 3.28. The highest BCUT2D eigenvalue weighted by Gasteiger charge is 2.27. The van der Waals surface area contributed by atoms with Crippen LogP contribution in [0.2, 0.25) is 0 Å². The number of amides is 1. The molecule has 0 saturated heterocycles. The van der Waals surface area contributed by atoms with E-state index in [0.29, 0.717) is 23.6 Å². The normalized spacial score (nSPS) is 22.2. The number of nitrogens with zero attached hydrogens (tertiary/aromatic N) is 1. The van der Waals surface area contributed by atoms with Crippen molar-refractivity contribution < 1.29 is 14.7 Å². The maximum absolute atomic E-state index is 12.0. The number of hydrazone groups is 1. The third-order valence-electron chi connectivity index (χ3n) is 3.09. The third-order valence-corrected chi connectivity index (χ3v) is 4.13. The molecule has 19 heavy (non-hydrogen) atoms. The number of hydrogen-bond donors (Lipinski definition) is 3. The van der Waals surface area contributed by atoms with Gasteiger partial charge >= 0.3 is 5.97 Å². The monoisotopic (exact) mass is 283 g/mol. The first-order valence-corrected chi connectivity index (χ1v) is 7.26. The molecule has 0 bridgehead atoms. The van der Waals surface area contributed by atoms with Gasteiger partial charge in [0, 0.05) is 11.1 Å². The van der Waals surface area contributed by atoms with E-state index in [-0.39, 0.29) is 16.9 Å². The summed E-state index contributed by atoms with van der Waals surface area (Å²) in [5, 5.41) is 16.5. The van der Waals surface area contributed by atoms with E-state index in [1.165, 1.54) is 11.8 Å². The number of carbonyl (C=O) groups excluding carboxylic acids is 1. The average molecular weight is 283 g/mol. The van der Waals surface area contributed by atoms with Crippen LogP contribution in [0.1, 0.15) is 39.0 Å². The van der Waals surface area contributed by atoms with Crippen LogP contribution >= 0.6 is 11.8 Å². The molecule has 0 radical (unpaired) electrons. The molecule has 1 heterocycles. The van der Waals surface area contributed by atoms with Crippen molar-refractivity contribution in [2.24, 2.45) is 5.10 Å². The first kappa shape index (κ1) is 13.9. The molecule has 6 nitrogen and oxygen atoms in total. The van der Waals surface area contributed by atoms with Crippen molar-refractivity contribution in [2.45, 2.75) is 44.4 Å². The Morgan fingerprint density at radius 1 is 1.47 bits per heavy atom. The Kier molecular flexibility index (Phi) is 4.47. The Balaban J connectivity index is 1.95. The van der Waals surface area contributed by atoms with Crippen LogP contribution in [-0.2, 0) is 9.59 Å². The molecule has 0 aromatic heterocycles. The van der Waals surface area contributed by atoms with Crippen LogP contribution in [-0.4, -0.2) is 27.5 Å². The molecule has 2 aliphatic rings. The van der Waals surface area contributed by atoms with Crippen LogP contribution in [0.15, 0.2) is 16.2 Å². The Morgan fingerprint density at radius 2 is 2.21 bits per heavy atom. The van der Waals surface area contributed by atoms with Gasteiger partial charge < -0.3 is 5.11 Å². The summed E-state index contributed by atoms with van der Waals surface area (Å²) in [6.07, 6.45) is 3.72. The lowest BCUT2D eigenvalue weighted by Crippen LogP contribution is -2.29. The van der Waals surface area contributed by atoms with E-state index in [1.807, 2.05) is 0 Å². The summed E-state index contributed by atoms with van der Waals surface area (Å²) in [5.74, 6) is -1.33. The highest BCUT2D eigenvalue weighted by atomic mass is 32.2. The molecule has 0 fully saturated rings. The lowest BCUT2D eigenvalue weighted by atomic mass is 10.1. The second-order valence-corrected chi connectivity index (χ2v) is 5.70. The number of carbonyl (C=O) groups is 2. The van der Waals surface area contributed by atoms with E-state index in [9.17, 15) is 9.59 Å². The van der Waals surface area contributed by atoms with Crippen LogP contribution in [0.4, 0.5) is 0 Å². The summed E-state index contributed by atoms with van der Waals surface area (Å²) >= 11 is 1.47. The number of aliphatic carboxylic acids is 1. The SMILES string of the molecule is CCCC1NN=C(NC(=O)C2=C(C(=O)O)CCC2)S1. The first-order valence-electron chi connectivity index (χ1n) is 6.38. The Bertz CT molecular complexity index is 459. The van der Waals surface area contributed by atoms with E-state index in [4.69, 9.17) is 5.11 Å². The Hall–Kier alpha value is -1.50. The summed E-state index contributed by atoms with van der Waals surface area (Å²) in [6.45, 7) is 2.08. The maximum atomic E-state index is 12.0. The average Bonchev–Trinajstić information content (AvgIpc) is 2.98. The molecular formula is C12H17N3O3S. The zero-order valence-corrected chi connectivity index (χ0v) is 11.5. The van der Waals surface area contributed by atoms with Crippen LogP contribution < -0.4 is 10.7 Å². The van der Waals surface area contributed by atoms with Crippen LogP contribution in [0.3, 0.4) is 0 Å². The van der Waals surface area contributed by atoms with Crippen LogP contribution in [0.25, 0.3) is 0 Å². The zero-order valence-electron chi connectivity index (χ0n) is 10.7. The number of rotatable bonds is 4. The van der Waals surface area contributed by atoms with Crippen molar-refractivity contribution in [3.63, 3.8) is 0 Å². The van der Waals surface area contributed by atoms with E-state index in [1.54, 1.807) is 0 Å². The van der Waals surface area contributed by atoms with Gasteiger partial charge in [0.25, 0.3) is 5.91 Å². The van der Waals surface area contributed by atoms with E-state index < -0.39 is 5.97 Å². The molecule has 1 aliphatic carbocycles. The lowest BCUT2D eigenvalue weighted by molar-refractivity contribution is -0.133. The standard InChI is InChI=1S/C12H17N3O3S/c1-2-4-9-14-15-12(19-9)13-10(16)7-5-3-6-8(7)11(17)18/h9,14H,2-6H2,1H3,(H,17,18)(H,13,15,16). The van der Waals surface area contributed by atoms with Crippen molar-refractivity contribution in [2.75, 3.05) is 0 Å². The minimum atomic E-state index is -0.995. The molecule has 7 heteroatoms. The van der Waals surface area contributed by atoms with Gasteiger partial charge in [-0.05, 0) is 25.7 Å². The van der Waals surface area contributed by atoms with Gasteiger partial charge in [0.1, 0.15) is 0 Å². The molecule has 0 aromatic carbocycles. The number of carboxylic acids is 1. The number of amidine groups is 1. The van der Waals surface area contributed by atoms with E-state index in [2.05, 4.69) is 22.8 Å². The quantitative estimate of drug-likeness (QED) is 0.725. The number of thioether (sulfide) groups is 1. The van der Waals surface area contributed by atoms with Gasteiger partial charge in [0.15, 0.2) is 5.17 Å². The number of nitrogens with one attached hydrogen (secondary N) is 2. The summed E-state index contributed by atoms with van der Waals surface area (Å²) in [6, 6.07) is 0. The van der Waals surface area contributed by atoms with Crippen molar-refractivity contribution in [1.29, 1.82) is 0 Å². The fourth-order valence-electron chi connectivity index (χ4n) is 2.16. The number of carboxylic acid groups (broad SMARTS) is 1. The summed E-state index contributed by atoms with van der Waals surface area (Å²) in [5.41, 5.74) is 3.56. The number of hydrogen-bond acceptors (Lipinski definition) is 5. The van der Waals surface area contributed by atoms with Gasteiger partial charge in [-0.15, -0.1) is 0 Å². The molecule has 104 valence electrons. The van der Waals surface area contributed by atoms with Crippen molar-refractivity contribution in [1.82, 2.24) is 10.7 Å². The second kappa shape index (κ2) is 6.10. The first-order chi connectivity index (χ1) is 9.11. The zero-order chi connectivity index (χ0) is 13.8. The lowest BCUT2D eigenvalue weighted by Gasteiger charge is -2.07.